The molecule has 1 aliphatic rings. The molecule has 1 atom stereocenters. The molecule has 0 aliphatic carbocycles. The Morgan fingerprint density at radius 3 is 2.76 bits per heavy atom. The zero-order valence-corrected chi connectivity index (χ0v) is 10.0. The van der Waals surface area contributed by atoms with Crippen LogP contribution in [0.4, 0.5) is 5.13 Å². The van der Waals surface area contributed by atoms with Crippen LogP contribution >= 0.6 is 11.3 Å². The van der Waals surface area contributed by atoms with Crippen molar-refractivity contribution in [3.63, 3.8) is 0 Å². The molecule has 1 aromatic rings. The van der Waals surface area contributed by atoms with E-state index >= 15 is 0 Å². The number of amides is 1. The lowest BCUT2D eigenvalue weighted by Gasteiger charge is -2.10. The van der Waals surface area contributed by atoms with Gasteiger partial charge < -0.3 is 10.2 Å². The van der Waals surface area contributed by atoms with Crippen molar-refractivity contribution >= 4 is 28.3 Å². The molecule has 0 spiro atoms. The third-order valence-electron chi connectivity index (χ3n) is 2.55. The summed E-state index contributed by atoms with van der Waals surface area (Å²) in [5.74, 6) is -1.25. The van der Waals surface area contributed by atoms with Gasteiger partial charge in [0.15, 0.2) is 5.13 Å². The fourth-order valence-corrected chi connectivity index (χ4v) is 2.76. The molecule has 1 saturated heterocycles. The molecule has 1 fully saturated rings. The fraction of sp³-hybridized carbons (Fsp3) is 0.500. The molecule has 0 saturated carbocycles. The van der Waals surface area contributed by atoms with Crippen LogP contribution in [-0.2, 0) is 11.2 Å². The molecule has 7 heteroatoms. The molecule has 2 rings (SSSR count). The molecule has 1 aliphatic heterocycles. The van der Waals surface area contributed by atoms with Gasteiger partial charge in [-0.25, -0.2) is 9.78 Å². The van der Waals surface area contributed by atoms with Crippen LogP contribution in [0.3, 0.4) is 0 Å². The van der Waals surface area contributed by atoms with Gasteiger partial charge >= 0.3 is 5.97 Å². The van der Waals surface area contributed by atoms with E-state index in [-0.39, 0.29) is 23.7 Å². The van der Waals surface area contributed by atoms with Gasteiger partial charge in [-0.2, -0.15) is 0 Å². The summed E-state index contributed by atoms with van der Waals surface area (Å²) in [5, 5.41) is 18.7. The molecular weight excluding hydrogens is 244 g/mol. The average molecular weight is 256 g/mol. The first-order valence-electron chi connectivity index (χ1n) is 5.24. The average Bonchev–Trinajstić information content (AvgIpc) is 2.81. The summed E-state index contributed by atoms with van der Waals surface area (Å²) in [6.07, 6.45) is -0.114. The monoisotopic (exact) mass is 256 g/mol. The van der Waals surface area contributed by atoms with E-state index in [2.05, 4.69) is 4.98 Å². The number of hydrogen-bond donors (Lipinski definition) is 2. The highest BCUT2D eigenvalue weighted by molar-refractivity contribution is 7.17. The Hall–Kier alpha value is -1.47. The number of nitrogens with zero attached hydrogens (tertiary/aromatic N) is 2. The lowest BCUT2D eigenvalue weighted by molar-refractivity contribution is -0.117. The number of rotatable bonds is 3. The second kappa shape index (κ2) is 4.42. The molecule has 2 heterocycles. The SMILES string of the molecule is CCc1nc(N2CC(O)CC2=O)sc1C(=O)O. The minimum atomic E-state index is -1.03. The second-order valence-electron chi connectivity index (χ2n) is 3.79. The van der Waals surface area contributed by atoms with Gasteiger partial charge in [0, 0.05) is 0 Å². The Kier molecular flexibility index (Phi) is 3.12. The van der Waals surface area contributed by atoms with Gasteiger partial charge in [-0.15, -0.1) is 0 Å². The molecule has 92 valence electrons. The van der Waals surface area contributed by atoms with Crippen LogP contribution in [0.15, 0.2) is 0 Å². The molecular formula is C10H12N2O4S. The number of carboxylic acid groups (broad SMARTS) is 1. The van der Waals surface area contributed by atoms with E-state index in [1.807, 2.05) is 6.92 Å². The molecule has 1 unspecified atom stereocenters. The van der Waals surface area contributed by atoms with E-state index in [0.29, 0.717) is 17.2 Å². The van der Waals surface area contributed by atoms with Gasteiger partial charge in [0.2, 0.25) is 5.91 Å². The Morgan fingerprint density at radius 1 is 1.65 bits per heavy atom. The molecule has 0 radical (unpaired) electrons. The number of thiazole rings is 1. The number of carbonyl (C=O) groups is 2. The van der Waals surface area contributed by atoms with Crippen LogP contribution < -0.4 is 4.90 Å². The van der Waals surface area contributed by atoms with E-state index in [9.17, 15) is 14.7 Å². The Balaban J connectivity index is 2.34. The van der Waals surface area contributed by atoms with Crippen molar-refractivity contribution in [2.45, 2.75) is 25.9 Å². The predicted octanol–water partition coefficient (Wildman–Crippen LogP) is 0.501. The molecule has 17 heavy (non-hydrogen) atoms. The summed E-state index contributed by atoms with van der Waals surface area (Å²) in [6, 6.07) is 0. The van der Waals surface area contributed by atoms with Crippen molar-refractivity contribution in [3.8, 4) is 0 Å². The number of β-amino-alcohol motifs (C(OH)–C–C–N with tert-alkyl or cyclic N) is 1. The number of carboxylic acids is 1. The smallest absolute Gasteiger partial charge is 0.347 e. The first-order chi connectivity index (χ1) is 8.02. The minimum absolute atomic E-state index is 0.0729. The van der Waals surface area contributed by atoms with Gasteiger partial charge in [-0.05, 0) is 6.42 Å². The maximum atomic E-state index is 11.5. The fourth-order valence-electron chi connectivity index (χ4n) is 1.74. The van der Waals surface area contributed by atoms with E-state index in [1.54, 1.807) is 0 Å². The number of hydrogen-bond acceptors (Lipinski definition) is 5. The third-order valence-corrected chi connectivity index (χ3v) is 3.66. The van der Waals surface area contributed by atoms with Gasteiger partial charge in [0.05, 0.1) is 24.8 Å². The van der Waals surface area contributed by atoms with Gasteiger partial charge in [0.25, 0.3) is 0 Å². The number of carbonyl (C=O) groups excluding carboxylic acids is 1. The van der Waals surface area contributed by atoms with Crippen LogP contribution in [0.25, 0.3) is 0 Å². The first kappa shape index (κ1) is 12.0. The highest BCUT2D eigenvalue weighted by atomic mass is 32.1. The summed E-state index contributed by atoms with van der Waals surface area (Å²) in [5.41, 5.74) is 0.478. The highest BCUT2D eigenvalue weighted by Crippen LogP contribution is 2.29. The zero-order chi connectivity index (χ0) is 12.6. The van der Waals surface area contributed by atoms with Gasteiger partial charge in [-0.3, -0.25) is 9.69 Å². The number of aliphatic hydroxyl groups excluding tert-OH is 1. The maximum absolute atomic E-state index is 11.5. The molecule has 6 nitrogen and oxygen atoms in total. The molecule has 0 bridgehead atoms. The van der Waals surface area contributed by atoms with Crippen LogP contribution in [-0.4, -0.2) is 39.7 Å². The third kappa shape index (κ3) is 2.16. The van der Waals surface area contributed by atoms with E-state index in [1.165, 1.54) is 4.90 Å². The number of anilines is 1. The summed E-state index contributed by atoms with van der Waals surface area (Å²) < 4.78 is 0. The maximum Gasteiger partial charge on any atom is 0.347 e. The van der Waals surface area contributed by atoms with Gasteiger partial charge in [0.1, 0.15) is 4.88 Å². The first-order valence-corrected chi connectivity index (χ1v) is 6.06. The van der Waals surface area contributed by atoms with E-state index < -0.39 is 12.1 Å². The lowest BCUT2D eigenvalue weighted by Crippen LogP contribution is -2.25. The normalized spacial score (nSPS) is 20.0. The van der Waals surface area contributed by atoms with E-state index in [0.717, 1.165) is 11.3 Å². The number of aromatic nitrogens is 1. The van der Waals surface area contributed by atoms with Gasteiger partial charge in [-0.1, -0.05) is 18.3 Å². The topological polar surface area (TPSA) is 90.7 Å². The van der Waals surface area contributed by atoms with Crippen molar-refractivity contribution in [1.29, 1.82) is 0 Å². The highest BCUT2D eigenvalue weighted by Gasteiger charge is 2.32. The van der Waals surface area contributed by atoms with Crippen molar-refractivity contribution in [2.24, 2.45) is 0 Å². The number of aliphatic hydroxyl groups is 1. The van der Waals surface area contributed by atoms with Crippen LogP contribution in [0, 0.1) is 0 Å². The Morgan fingerprint density at radius 2 is 2.35 bits per heavy atom. The minimum Gasteiger partial charge on any atom is -0.477 e. The molecule has 1 aromatic heterocycles. The van der Waals surface area contributed by atoms with Crippen molar-refractivity contribution < 1.29 is 19.8 Å². The molecule has 1 amide bonds. The summed E-state index contributed by atoms with van der Waals surface area (Å²) in [4.78, 5) is 28.2. The summed E-state index contributed by atoms with van der Waals surface area (Å²) in [6.45, 7) is 2.00. The van der Waals surface area contributed by atoms with Crippen molar-refractivity contribution in [3.05, 3.63) is 10.6 Å². The standard InChI is InChI=1S/C10H12N2O4S/c1-2-6-8(9(15)16)17-10(11-6)12-4-5(13)3-7(12)14/h5,13H,2-4H2,1H3,(H,15,16). The van der Waals surface area contributed by atoms with Crippen LogP contribution in [0.5, 0.6) is 0 Å². The number of aryl methyl sites for hydroxylation is 1. The number of aromatic carboxylic acids is 1. The zero-order valence-electron chi connectivity index (χ0n) is 9.21. The Bertz CT molecular complexity index is 471. The second-order valence-corrected chi connectivity index (χ2v) is 4.77. The van der Waals surface area contributed by atoms with E-state index in [4.69, 9.17) is 5.11 Å². The van der Waals surface area contributed by atoms with Crippen molar-refractivity contribution in [1.82, 2.24) is 4.98 Å². The quantitative estimate of drug-likeness (QED) is 0.821. The van der Waals surface area contributed by atoms with Crippen LogP contribution in [0.2, 0.25) is 0 Å². The lowest BCUT2D eigenvalue weighted by atomic mass is 10.3. The predicted molar refractivity (Wildman–Crippen MR) is 61.4 cm³/mol. The molecule has 0 aromatic carbocycles. The summed E-state index contributed by atoms with van der Waals surface area (Å²) >= 11 is 0.979. The van der Waals surface area contributed by atoms with Crippen LogP contribution in [0.1, 0.15) is 28.7 Å². The van der Waals surface area contributed by atoms with Crippen molar-refractivity contribution in [2.75, 3.05) is 11.4 Å². The Labute approximate surface area is 102 Å². The molecule has 2 N–H and O–H groups in total. The largest absolute Gasteiger partial charge is 0.477 e. The summed E-state index contributed by atoms with van der Waals surface area (Å²) in [7, 11) is 0.